The van der Waals surface area contributed by atoms with Gasteiger partial charge >= 0.3 is 0 Å². The predicted molar refractivity (Wildman–Crippen MR) is 70.9 cm³/mol. The minimum Gasteiger partial charge on any atom is -0.312 e. The summed E-state index contributed by atoms with van der Waals surface area (Å²) in [4.78, 5) is 1.38. The molecule has 1 nitrogen and oxygen atoms in total. The molecule has 0 radical (unpaired) electrons. The minimum atomic E-state index is -0.161. The Hall–Kier alpha value is -1.19. The lowest BCUT2D eigenvalue weighted by Gasteiger charge is -2.07. The molecular weight excluding hydrogens is 233 g/mol. The van der Waals surface area contributed by atoms with E-state index in [9.17, 15) is 4.39 Å². The van der Waals surface area contributed by atoms with Crippen molar-refractivity contribution in [2.24, 2.45) is 0 Å². The summed E-state index contributed by atoms with van der Waals surface area (Å²) < 4.78 is 13.1. The highest BCUT2D eigenvalue weighted by molar-refractivity contribution is 7.09. The summed E-state index contributed by atoms with van der Waals surface area (Å²) >= 11 is 1.77. The minimum absolute atomic E-state index is 0.161. The van der Waals surface area contributed by atoms with Gasteiger partial charge in [0.25, 0.3) is 0 Å². The highest BCUT2D eigenvalue weighted by Crippen LogP contribution is 2.11. The Morgan fingerprint density at radius 3 is 2.94 bits per heavy atom. The summed E-state index contributed by atoms with van der Waals surface area (Å²) in [7, 11) is 0. The van der Waals surface area contributed by atoms with Crippen LogP contribution in [0.2, 0.25) is 0 Å². The number of rotatable bonds is 5. The van der Waals surface area contributed by atoms with Gasteiger partial charge in [0.15, 0.2) is 0 Å². The van der Waals surface area contributed by atoms with Gasteiger partial charge in [0.05, 0.1) is 0 Å². The first kappa shape index (κ1) is 12.3. The fourth-order valence-corrected chi connectivity index (χ4v) is 2.43. The number of nitrogens with one attached hydrogen (secondary N) is 1. The van der Waals surface area contributed by atoms with Crippen LogP contribution in [-0.2, 0) is 13.0 Å². The summed E-state index contributed by atoms with van der Waals surface area (Å²) in [5, 5.41) is 5.44. The quantitative estimate of drug-likeness (QED) is 0.799. The van der Waals surface area contributed by atoms with E-state index >= 15 is 0 Å². The number of aryl methyl sites for hydroxylation is 1. The first-order chi connectivity index (χ1) is 8.25. The van der Waals surface area contributed by atoms with Gasteiger partial charge in [-0.15, -0.1) is 11.3 Å². The van der Waals surface area contributed by atoms with Crippen molar-refractivity contribution < 1.29 is 4.39 Å². The summed E-state index contributed by atoms with van der Waals surface area (Å²) in [5.41, 5.74) is 2.17. The lowest BCUT2D eigenvalue weighted by Crippen LogP contribution is -2.17. The third kappa shape index (κ3) is 3.65. The van der Waals surface area contributed by atoms with Crippen LogP contribution in [0.25, 0.3) is 0 Å². The zero-order chi connectivity index (χ0) is 12.1. The van der Waals surface area contributed by atoms with Gasteiger partial charge in [-0.3, -0.25) is 0 Å². The zero-order valence-corrected chi connectivity index (χ0v) is 10.7. The van der Waals surface area contributed by atoms with E-state index in [0.717, 1.165) is 30.6 Å². The molecule has 0 spiro atoms. The molecule has 1 aromatic heterocycles. The number of halogens is 1. The van der Waals surface area contributed by atoms with E-state index in [2.05, 4.69) is 22.8 Å². The molecule has 1 heterocycles. The predicted octanol–water partition coefficient (Wildman–Crippen LogP) is 3.53. The van der Waals surface area contributed by atoms with Crippen molar-refractivity contribution in [3.8, 4) is 0 Å². The van der Waals surface area contributed by atoms with E-state index in [1.54, 1.807) is 17.4 Å². The number of benzene rings is 1. The molecular formula is C14H16FNS. The molecule has 0 unspecified atom stereocenters. The van der Waals surface area contributed by atoms with Gasteiger partial charge in [0.1, 0.15) is 5.82 Å². The molecule has 0 fully saturated rings. The average Bonchev–Trinajstić information content (AvgIpc) is 2.82. The first-order valence-electron chi connectivity index (χ1n) is 5.74. The van der Waals surface area contributed by atoms with Gasteiger partial charge < -0.3 is 5.32 Å². The largest absolute Gasteiger partial charge is 0.312 e. The van der Waals surface area contributed by atoms with Crippen molar-refractivity contribution in [2.45, 2.75) is 19.9 Å². The van der Waals surface area contributed by atoms with Gasteiger partial charge in [-0.05, 0) is 48.1 Å². The van der Waals surface area contributed by atoms with Crippen molar-refractivity contribution in [2.75, 3.05) is 6.54 Å². The highest BCUT2D eigenvalue weighted by atomic mass is 32.1. The Morgan fingerprint density at radius 2 is 2.18 bits per heavy atom. The third-order valence-corrected chi connectivity index (χ3v) is 3.69. The standard InChI is InChI=1S/C14H16FNS/c1-11-4-5-13(15)9-12(11)10-16-7-6-14-3-2-8-17-14/h2-5,8-9,16H,6-7,10H2,1H3. The second-order valence-corrected chi connectivity index (χ2v) is 5.11. The topological polar surface area (TPSA) is 12.0 Å². The van der Waals surface area contributed by atoms with E-state index < -0.39 is 0 Å². The van der Waals surface area contributed by atoms with Crippen LogP contribution in [-0.4, -0.2) is 6.54 Å². The maximum absolute atomic E-state index is 13.1. The van der Waals surface area contributed by atoms with Crippen molar-refractivity contribution >= 4 is 11.3 Å². The molecule has 3 heteroatoms. The Bertz CT molecular complexity index is 465. The van der Waals surface area contributed by atoms with Crippen LogP contribution in [0.4, 0.5) is 4.39 Å². The first-order valence-corrected chi connectivity index (χ1v) is 6.62. The van der Waals surface area contributed by atoms with Gasteiger partial charge in [-0.1, -0.05) is 12.1 Å². The Morgan fingerprint density at radius 1 is 1.29 bits per heavy atom. The van der Waals surface area contributed by atoms with E-state index in [-0.39, 0.29) is 5.82 Å². The van der Waals surface area contributed by atoms with Crippen LogP contribution in [0.15, 0.2) is 35.7 Å². The lowest BCUT2D eigenvalue weighted by molar-refractivity contribution is 0.619. The molecule has 0 saturated heterocycles. The Labute approximate surface area is 105 Å². The maximum atomic E-state index is 13.1. The number of thiophene rings is 1. The van der Waals surface area contributed by atoms with Crippen LogP contribution in [0.3, 0.4) is 0 Å². The van der Waals surface area contributed by atoms with E-state index in [1.807, 2.05) is 13.0 Å². The van der Waals surface area contributed by atoms with Crippen molar-refractivity contribution in [3.63, 3.8) is 0 Å². The van der Waals surface area contributed by atoms with Gasteiger partial charge in [-0.2, -0.15) is 0 Å². The smallest absolute Gasteiger partial charge is 0.123 e. The monoisotopic (exact) mass is 249 g/mol. The van der Waals surface area contributed by atoms with Crippen LogP contribution < -0.4 is 5.32 Å². The zero-order valence-electron chi connectivity index (χ0n) is 9.87. The molecule has 0 bridgehead atoms. The third-order valence-electron chi connectivity index (χ3n) is 2.75. The number of hydrogen-bond donors (Lipinski definition) is 1. The van der Waals surface area contributed by atoms with E-state index in [0.29, 0.717) is 0 Å². The molecule has 0 aliphatic carbocycles. The van der Waals surface area contributed by atoms with Crippen LogP contribution in [0, 0.1) is 12.7 Å². The average molecular weight is 249 g/mol. The van der Waals surface area contributed by atoms with Crippen molar-refractivity contribution in [1.82, 2.24) is 5.32 Å². The molecule has 0 aliphatic rings. The summed E-state index contributed by atoms with van der Waals surface area (Å²) in [6.45, 7) is 3.67. The van der Waals surface area contributed by atoms with Crippen LogP contribution >= 0.6 is 11.3 Å². The molecule has 2 rings (SSSR count). The summed E-state index contributed by atoms with van der Waals surface area (Å²) in [5.74, 6) is -0.161. The van der Waals surface area contributed by atoms with Gasteiger partial charge in [0, 0.05) is 18.0 Å². The van der Waals surface area contributed by atoms with Gasteiger partial charge in [0.2, 0.25) is 0 Å². The molecule has 1 aromatic carbocycles. The maximum Gasteiger partial charge on any atom is 0.123 e. The van der Waals surface area contributed by atoms with Crippen molar-refractivity contribution in [3.05, 3.63) is 57.5 Å². The Balaban J connectivity index is 1.80. The summed E-state index contributed by atoms with van der Waals surface area (Å²) in [6, 6.07) is 9.14. The molecule has 0 saturated carbocycles. The second kappa shape index (κ2) is 5.94. The Kier molecular flexibility index (Phi) is 4.29. The van der Waals surface area contributed by atoms with Crippen LogP contribution in [0.5, 0.6) is 0 Å². The number of hydrogen-bond acceptors (Lipinski definition) is 2. The van der Waals surface area contributed by atoms with Gasteiger partial charge in [-0.25, -0.2) is 4.39 Å². The summed E-state index contributed by atoms with van der Waals surface area (Å²) in [6.07, 6.45) is 1.03. The molecule has 0 amide bonds. The fourth-order valence-electron chi connectivity index (χ4n) is 1.72. The molecule has 0 aliphatic heterocycles. The second-order valence-electron chi connectivity index (χ2n) is 4.08. The molecule has 0 atom stereocenters. The normalized spacial score (nSPS) is 10.7. The fraction of sp³-hybridized carbons (Fsp3) is 0.286. The van der Waals surface area contributed by atoms with E-state index in [4.69, 9.17) is 0 Å². The SMILES string of the molecule is Cc1ccc(F)cc1CNCCc1cccs1. The van der Waals surface area contributed by atoms with Crippen LogP contribution in [0.1, 0.15) is 16.0 Å². The molecule has 1 N–H and O–H groups in total. The molecule has 17 heavy (non-hydrogen) atoms. The van der Waals surface area contributed by atoms with Crippen molar-refractivity contribution in [1.29, 1.82) is 0 Å². The lowest BCUT2D eigenvalue weighted by atomic mass is 10.1. The molecule has 2 aromatic rings. The highest BCUT2D eigenvalue weighted by Gasteiger charge is 2.00. The molecule has 90 valence electrons. The van der Waals surface area contributed by atoms with E-state index in [1.165, 1.54) is 10.9 Å².